The summed E-state index contributed by atoms with van der Waals surface area (Å²) in [5, 5.41) is 0. The molecule has 0 aromatic heterocycles. The van der Waals surface area contributed by atoms with Crippen LogP contribution >= 0.6 is 0 Å². The van der Waals surface area contributed by atoms with Crippen molar-refractivity contribution in [3.63, 3.8) is 0 Å². The van der Waals surface area contributed by atoms with E-state index in [-0.39, 0.29) is 5.97 Å². The highest BCUT2D eigenvalue weighted by Gasteiger charge is 2.39. The highest BCUT2D eigenvalue weighted by atomic mass is 16.5. The van der Waals surface area contributed by atoms with Gasteiger partial charge < -0.3 is 14.4 Å². The van der Waals surface area contributed by atoms with Crippen LogP contribution in [0.25, 0.3) is 0 Å². The highest BCUT2D eigenvalue weighted by Crippen LogP contribution is 2.48. The van der Waals surface area contributed by atoms with Gasteiger partial charge in [0.25, 0.3) is 0 Å². The van der Waals surface area contributed by atoms with Gasteiger partial charge in [-0.1, -0.05) is 6.42 Å². The first-order valence-corrected chi connectivity index (χ1v) is 7.51. The minimum atomic E-state index is -0.115. The van der Waals surface area contributed by atoms with Crippen LogP contribution in [-0.4, -0.2) is 51.3 Å². The molecule has 0 aromatic carbocycles. The number of ether oxygens (including phenoxy) is 2. The highest BCUT2D eigenvalue weighted by molar-refractivity contribution is 5.69. The van der Waals surface area contributed by atoms with Crippen LogP contribution in [0.15, 0.2) is 0 Å². The van der Waals surface area contributed by atoms with Gasteiger partial charge in [0.1, 0.15) is 0 Å². The van der Waals surface area contributed by atoms with Crippen LogP contribution in [0, 0.1) is 17.8 Å². The number of hydrogen-bond donors (Lipinski definition) is 0. The van der Waals surface area contributed by atoms with Crippen molar-refractivity contribution in [2.45, 2.75) is 32.1 Å². The van der Waals surface area contributed by atoms with E-state index in [4.69, 9.17) is 9.47 Å². The summed E-state index contributed by atoms with van der Waals surface area (Å²) in [4.78, 5) is 13.7. The molecule has 0 amide bonds. The summed E-state index contributed by atoms with van der Waals surface area (Å²) in [6.45, 7) is 3.58. The number of fused-ring (bicyclic) bond motifs is 2. The molecule has 0 aliphatic heterocycles. The first-order chi connectivity index (χ1) is 9.22. The molecule has 4 heteroatoms. The summed E-state index contributed by atoms with van der Waals surface area (Å²) in [5.41, 5.74) is 0. The van der Waals surface area contributed by atoms with Gasteiger partial charge in [-0.3, -0.25) is 4.79 Å². The van der Waals surface area contributed by atoms with Crippen molar-refractivity contribution in [3.8, 4) is 0 Å². The summed E-state index contributed by atoms with van der Waals surface area (Å²) in [5.74, 6) is 2.65. The number of esters is 1. The standard InChI is InChI=1S/C15H27NO3/c1-18-8-7-16(6-5-15(17)19-2)11-14-10-12-3-4-13(14)9-12/h12-14H,3-11H2,1-2H3. The third-order valence-electron chi connectivity index (χ3n) is 4.85. The van der Waals surface area contributed by atoms with Crippen LogP contribution in [-0.2, 0) is 14.3 Å². The number of nitrogens with zero attached hydrogens (tertiary/aromatic N) is 1. The van der Waals surface area contributed by atoms with Gasteiger partial charge in [-0.25, -0.2) is 0 Å². The van der Waals surface area contributed by atoms with E-state index in [9.17, 15) is 4.79 Å². The lowest BCUT2D eigenvalue weighted by atomic mass is 9.88. The van der Waals surface area contributed by atoms with E-state index in [1.54, 1.807) is 7.11 Å². The van der Waals surface area contributed by atoms with Crippen molar-refractivity contribution in [2.24, 2.45) is 17.8 Å². The quantitative estimate of drug-likeness (QED) is 0.631. The fourth-order valence-electron chi connectivity index (χ4n) is 3.80. The fraction of sp³-hybridized carbons (Fsp3) is 0.933. The second kappa shape index (κ2) is 7.25. The molecule has 0 N–H and O–H groups in total. The Morgan fingerprint density at radius 3 is 2.63 bits per heavy atom. The predicted octanol–water partition coefficient (Wildman–Crippen LogP) is 1.93. The molecule has 4 nitrogen and oxygen atoms in total. The summed E-state index contributed by atoms with van der Waals surface area (Å²) in [6.07, 6.45) is 6.19. The smallest absolute Gasteiger partial charge is 0.306 e. The Bertz CT molecular complexity index is 295. The average molecular weight is 269 g/mol. The maximum absolute atomic E-state index is 11.3. The summed E-state index contributed by atoms with van der Waals surface area (Å²) < 4.78 is 9.90. The van der Waals surface area contributed by atoms with Crippen molar-refractivity contribution >= 4 is 5.97 Å². The third kappa shape index (κ3) is 4.18. The molecule has 2 bridgehead atoms. The second-order valence-corrected chi connectivity index (χ2v) is 6.05. The molecule has 110 valence electrons. The zero-order valence-electron chi connectivity index (χ0n) is 12.3. The van der Waals surface area contributed by atoms with Gasteiger partial charge in [-0.05, 0) is 37.0 Å². The summed E-state index contributed by atoms with van der Waals surface area (Å²) in [6, 6.07) is 0. The Kier molecular flexibility index (Phi) is 5.64. The monoisotopic (exact) mass is 269 g/mol. The van der Waals surface area contributed by atoms with E-state index >= 15 is 0 Å². The fourth-order valence-corrected chi connectivity index (χ4v) is 3.80. The van der Waals surface area contributed by atoms with Crippen LogP contribution < -0.4 is 0 Å². The average Bonchev–Trinajstić information content (AvgIpc) is 3.03. The zero-order valence-corrected chi connectivity index (χ0v) is 12.3. The van der Waals surface area contributed by atoms with Crippen molar-refractivity contribution < 1.29 is 14.3 Å². The maximum atomic E-state index is 11.3. The molecular weight excluding hydrogens is 242 g/mol. The number of hydrogen-bond acceptors (Lipinski definition) is 4. The topological polar surface area (TPSA) is 38.8 Å². The Balaban J connectivity index is 1.77. The lowest BCUT2D eigenvalue weighted by Gasteiger charge is -2.29. The SMILES string of the molecule is COCCN(CCC(=O)OC)CC1CC2CCC1C2. The minimum Gasteiger partial charge on any atom is -0.469 e. The number of rotatable bonds is 8. The van der Waals surface area contributed by atoms with Gasteiger partial charge in [0.15, 0.2) is 0 Å². The van der Waals surface area contributed by atoms with Crippen LogP contribution in [0.4, 0.5) is 0 Å². The van der Waals surface area contributed by atoms with Crippen LogP contribution in [0.2, 0.25) is 0 Å². The molecule has 3 atom stereocenters. The molecule has 0 aromatic rings. The third-order valence-corrected chi connectivity index (χ3v) is 4.85. The molecule has 0 heterocycles. The Hall–Kier alpha value is -0.610. The van der Waals surface area contributed by atoms with Crippen molar-refractivity contribution in [1.29, 1.82) is 0 Å². The number of carbonyl (C=O) groups is 1. The molecule has 3 unspecified atom stereocenters. The number of methoxy groups -OCH3 is 2. The van der Waals surface area contributed by atoms with Gasteiger partial charge in [0.2, 0.25) is 0 Å². The molecule has 0 radical (unpaired) electrons. The maximum Gasteiger partial charge on any atom is 0.306 e. The molecule has 19 heavy (non-hydrogen) atoms. The lowest BCUT2D eigenvalue weighted by Crippen LogP contribution is -2.36. The van der Waals surface area contributed by atoms with Gasteiger partial charge >= 0.3 is 5.97 Å². The molecule has 2 aliphatic rings. The van der Waals surface area contributed by atoms with Gasteiger partial charge in [-0.2, -0.15) is 0 Å². The number of carbonyl (C=O) groups excluding carboxylic acids is 1. The Morgan fingerprint density at radius 2 is 2.05 bits per heavy atom. The molecule has 2 rings (SSSR count). The zero-order chi connectivity index (χ0) is 13.7. The van der Waals surface area contributed by atoms with Gasteiger partial charge in [0, 0.05) is 26.7 Å². The van der Waals surface area contributed by atoms with Crippen molar-refractivity contribution in [2.75, 3.05) is 40.5 Å². The molecule has 2 aliphatic carbocycles. The van der Waals surface area contributed by atoms with Crippen molar-refractivity contribution in [1.82, 2.24) is 4.90 Å². The van der Waals surface area contributed by atoms with E-state index in [0.717, 1.165) is 44.0 Å². The van der Waals surface area contributed by atoms with E-state index in [1.165, 1.54) is 32.8 Å². The van der Waals surface area contributed by atoms with Gasteiger partial charge in [-0.15, -0.1) is 0 Å². The van der Waals surface area contributed by atoms with Crippen molar-refractivity contribution in [3.05, 3.63) is 0 Å². The van der Waals surface area contributed by atoms with E-state index in [1.807, 2.05) is 0 Å². The Morgan fingerprint density at radius 1 is 1.21 bits per heavy atom. The second-order valence-electron chi connectivity index (χ2n) is 6.05. The van der Waals surface area contributed by atoms with E-state index < -0.39 is 0 Å². The minimum absolute atomic E-state index is 0.115. The van der Waals surface area contributed by atoms with Crippen LogP contribution in [0.5, 0.6) is 0 Å². The van der Waals surface area contributed by atoms with Crippen LogP contribution in [0.3, 0.4) is 0 Å². The molecule has 2 fully saturated rings. The molecular formula is C15H27NO3. The first kappa shape index (κ1) is 14.8. The van der Waals surface area contributed by atoms with Crippen LogP contribution in [0.1, 0.15) is 32.1 Å². The Labute approximate surface area is 116 Å². The van der Waals surface area contributed by atoms with Gasteiger partial charge in [0.05, 0.1) is 20.1 Å². The summed E-state index contributed by atoms with van der Waals surface area (Å²) >= 11 is 0. The first-order valence-electron chi connectivity index (χ1n) is 7.51. The molecule has 0 saturated heterocycles. The molecule has 2 saturated carbocycles. The predicted molar refractivity (Wildman–Crippen MR) is 73.9 cm³/mol. The van der Waals surface area contributed by atoms with E-state index in [0.29, 0.717) is 6.42 Å². The largest absolute Gasteiger partial charge is 0.469 e. The van der Waals surface area contributed by atoms with E-state index in [2.05, 4.69) is 4.90 Å². The lowest BCUT2D eigenvalue weighted by molar-refractivity contribution is -0.141. The summed E-state index contributed by atoms with van der Waals surface area (Å²) in [7, 11) is 3.19. The molecule has 0 spiro atoms. The normalized spacial score (nSPS) is 29.1.